The van der Waals surface area contributed by atoms with Gasteiger partial charge in [0, 0.05) is 127 Å². The van der Waals surface area contributed by atoms with Gasteiger partial charge in [-0.3, -0.25) is 52.5 Å². The first-order valence-corrected chi connectivity index (χ1v) is 45.3. The van der Waals surface area contributed by atoms with Crippen molar-refractivity contribution in [2.75, 3.05) is 26.2 Å². The van der Waals surface area contributed by atoms with Crippen LogP contribution in [0.3, 0.4) is 0 Å². The van der Waals surface area contributed by atoms with Gasteiger partial charge in [-0.1, -0.05) is 69.1 Å². The molecule has 17 nitrogen and oxygen atoms in total. The van der Waals surface area contributed by atoms with Crippen molar-refractivity contribution in [1.82, 2.24) is 39.6 Å². The van der Waals surface area contributed by atoms with Gasteiger partial charge in [0.2, 0.25) is 5.91 Å². The largest absolute Gasteiger partial charge is 0.490 e. The number of amides is 1. The number of fused-ring (bicyclic) bond motifs is 3. The molecule has 11 aliphatic rings. The van der Waals surface area contributed by atoms with E-state index in [9.17, 15) is 33.6 Å². The fourth-order valence-electron chi connectivity index (χ4n) is 20.7. The number of carbonyl (C=O) groups excluding carboxylic acids is 7. The highest BCUT2D eigenvalue weighted by Gasteiger charge is 2.53. The zero-order valence-corrected chi connectivity index (χ0v) is 75.5. The molecule has 119 heavy (non-hydrogen) atoms. The summed E-state index contributed by atoms with van der Waals surface area (Å²) in [5.41, 5.74) is 19.7. The van der Waals surface area contributed by atoms with Crippen molar-refractivity contribution in [3.8, 4) is 0 Å². The topological polar surface area (TPSA) is 207 Å². The molecule has 4 saturated carbocycles. The summed E-state index contributed by atoms with van der Waals surface area (Å²) in [7, 11) is -0.102. The highest BCUT2D eigenvalue weighted by atomic mass is 79.9. The van der Waals surface area contributed by atoms with E-state index in [0.717, 1.165) is 174 Å². The van der Waals surface area contributed by atoms with Gasteiger partial charge >= 0.3 is 7.12 Å². The Labute approximate surface area is 714 Å². The van der Waals surface area contributed by atoms with Crippen LogP contribution in [0, 0.1) is 23.2 Å². The van der Waals surface area contributed by atoms with E-state index in [1.165, 1.54) is 87.2 Å². The van der Waals surface area contributed by atoms with Crippen molar-refractivity contribution in [3.05, 3.63) is 179 Å². The van der Waals surface area contributed by atoms with Crippen LogP contribution >= 0.6 is 15.9 Å². The van der Waals surface area contributed by atoms with Crippen LogP contribution in [0.5, 0.6) is 0 Å². The lowest BCUT2D eigenvalue weighted by molar-refractivity contribution is -0.129. The first-order valence-electron chi connectivity index (χ1n) is 44.5. The summed E-state index contributed by atoms with van der Waals surface area (Å²) < 4.78 is 18.8. The lowest BCUT2D eigenvalue weighted by atomic mass is 9.49. The predicted molar refractivity (Wildman–Crippen MR) is 483 cm³/mol. The van der Waals surface area contributed by atoms with Gasteiger partial charge in [-0.15, -0.1) is 0 Å². The number of carbonyl (C=O) groups is 7. The van der Waals surface area contributed by atoms with Crippen molar-refractivity contribution in [3.63, 3.8) is 0 Å². The minimum Gasteiger partial charge on any atom is -0.400 e. The van der Waals surface area contributed by atoms with E-state index in [-0.39, 0.29) is 82.5 Å². The number of Topliss-reactive ketones (excluding diaryl/α,β-unsaturated/α-hetero) is 6. The van der Waals surface area contributed by atoms with Gasteiger partial charge in [-0.2, -0.15) is 15.3 Å². The quantitative estimate of drug-likeness (QED) is 0.0468. The minimum atomic E-state index is -0.198. The Hall–Kier alpha value is -8.36. The Morgan fingerprint density at radius 2 is 0.924 bits per heavy atom. The van der Waals surface area contributed by atoms with E-state index in [1.807, 2.05) is 86.2 Å². The Kier molecular flexibility index (Phi) is 27.9. The predicted octanol–water partition coefficient (Wildman–Crippen LogP) is 23.1. The second-order valence-corrected chi connectivity index (χ2v) is 39.1. The average Bonchev–Trinajstić information content (AvgIpc) is 1.73. The van der Waals surface area contributed by atoms with Crippen molar-refractivity contribution in [2.45, 2.75) is 301 Å². The maximum absolute atomic E-state index is 13.8. The molecule has 5 heterocycles. The number of benzene rings is 3. The Bertz CT molecular complexity index is 5230. The third kappa shape index (κ3) is 20.6. The molecule has 17 rings (SSSR count). The molecule has 19 heteroatoms. The average molecular weight is 1680 g/mol. The van der Waals surface area contributed by atoms with E-state index >= 15 is 0 Å². The summed E-state index contributed by atoms with van der Waals surface area (Å²) >= 11 is 3.51. The first kappa shape index (κ1) is 88.4. The maximum atomic E-state index is 13.8. The molecule has 3 aromatic heterocycles. The number of hydrogen-bond donors (Lipinski definition) is 1. The van der Waals surface area contributed by atoms with Gasteiger partial charge < -0.3 is 14.6 Å². The number of allylic oxidation sites excluding steroid dienone is 16. The fraction of sp³-hybridized carbons (Fsp3) is 0.540. The molecule has 0 radical (unpaired) electrons. The third-order valence-electron chi connectivity index (χ3n) is 27.1. The third-order valence-corrected chi connectivity index (χ3v) is 27.5. The van der Waals surface area contributed by atoms with Crippen molar-refractivity contribution in [2.24, 2.45) is 23.2 Å². The van der Waals surface area contributed by atoms with Crippen molar-refractivity contribution < 1.29 is 42.9 Å². The van der Waals surface area contributed by atoms with E-state index in [0.29, 0.717) is 75.5 Å². The lowest BCUT2D eigenvalue weighted by Crippen LogP contribution is -2.48. The summed E-state index contributed by atoms with van der Waals surface area (Å²) in [5, 5.41) is 19.6. The number of aromatic nitrogens is 6. The Morgan fingerprint density at radius 1 is 0.521 bits per heavy atom. The molecule has 1 amide bonds. The summed E-state index contributed by atoms with van der Waals surface area (Å²) in [6.45, 7) is 36.1. The standard InChI is InChI=1S/C40H52N4O3.C27H32N2O2.C21H23BrN2O2.C12H21BO2/c1-25(2)44-36-19-32(18-34(35(36)24-42-44)37(45)6-5-33-27(4)13-26(3)14-38(33)46)31-7-10-43(11-8-31)12-9-41-39(47)23-40-20-28-15-29(21-40)17-30(16-28)22-40;1-17(2)29-25-15-21(20-8-6-5-7-9-20)14-23(24(25)16-28-29)26(30)11-10-22-19(4)12-18(3)13-27(22)31;1-12(2)24-19-10-15(22)9-17(18(19)11-23-24)20(25)6-5-16-14(4)7-13(3)8-21(16)26;1-11(2)12(3,4)15-13(14-11)10-8-6-5-7-9-10/h7,13,18-19,24-25,28-30H,5-6,8-12,14-17,20-23H2,1-4H3,(H,41,47);8,12,14-17H,5-7,9-11,13H2,1-4H3;7,9-12H,5-6,8H2,1-4H3;8H,5-7,9H2,1-4H3. The summed E-state index contributed by atoms with van der Waals surface area (Å²) in [4.78, 5) is 93.0. The second-order valence-electron chi connectivity index (χ2n) is 38.2. The molecule has 632 valence electrons. The van der Waals surface area contributed by atoms with Gasteiger partial charge in [0.15, 0.2) is 34.7 Å². The smallest absolute Gasteiger partial charge is 0.400 e. The second kappa shape index (κ2) is 37.6. The van der Waals surface area contributed by atoms with Crippen LogP contribution in [-0.2, 0) is 28.5 Å². The molecule has 3 aromatic carbocycles. The minimum absolute atomic E-state index is 0.0407. The number of hydrogen-bond acceptors (Lipinski definition) is 13. The fourth-order valence-corrected chi connectivity index (χ4v) is 21.1. The number of ketones is 6. The molecule has 6 aromatic rings. The van der Waals surface area contributed by atoms with Crippen molar-refractivity contribution >= 4 is 108 Å². The maximum Gasteiger partial charge on any atom is 0.490 e. The normalized spacial score (nSPS) is 22.4. The molecule has 0 spiro atoms. The number of halogens is 1. The molecule has 0 atom stereocenters. The molecule has 5 fully saturated rings. The molecule has 1 N–H and O–H groups in total. The van der Waals surface area contributed by atoms with Gasteiger partial charge in [0.1, 0.15) is 0 Å². The van der Waals surface area contributed by atoms with Gasteiger partial charge in [-0.25, -0.2) is 0 Å². The summed E-state index contributed by atoms with van der Waals surface area (Å²) in [5.74, 6) is 3.50. The van der Waals surface area contributed by atoms with Gasteiger partial charge in [0.05, 0.1) is 46.3 Å². The molecule has 2 aliphatic heterocycles. The van der Waals surface area contributed by atoms with Crippen LogP contribution in [0.15, 0.2) is 152 Å². The van der Waals surface area contributed by atoms with Crippen LogP contribution in [0.4, 0.5) is 0 Å². The zero-order chi connectivity index (χ0) is 85.1. The zero-order valence-electron chi connectivity index (χ0n) is 73.9. The lowest BCUT2D eigenvalue weighted by Gasteiger charge is -2.56. The van der Waals surface area contributed by atoms with Crippen LogP contribution in [0.25, 0.3) is 43.9 Å². The van der Waals surface area contributed by atoms with Crippen molar-refractivity contribution in [1.29, 1.82) is 0 Å². The Morgan fingerprint density at radius 3 is 1.30 bits per heavy atom. The van der Waals surface area contributed by atoms with Gasteiger partial charge in [0.25, 0.3) is 0 Å². The monoisotopic (exact) mass is 1670 g/mol. The molecule has 1 saturated heterocycles. The van der Waals surface area contributed by atoms with Gasteiger partial charge in [-0.05, 0) is 347 Å². The molecular formula is C100H128BBrN8O9. The summed E-state index contributed by atoms with van der Waals surface area (Å²) in [6.07, 6.45) is 41.5. The molecule has 9 aliphatic carbocycles. The highest BCUT2D eigenvalue weighted by molar-refractivity contribution is 9.10. The molecular weight excluding hydrogens is 1550 g/mol. The van der Waals surface area contributed by atoms with E-state index in [4.69, 9.17) is 9.31 Å². The van der Waals surface area contributed by atoms with E-state index in [1.54, 1.807) is 6.20 Å². The van der Waals surface area contributed by atoms with Crippen LogP contribution < -0.4 is 5.32 Å². The summed E-state index contributed by atoms with van der Waals surface area (Å²) in [6, 6.07) is 12.9. The molecule has 0 unspecified atom stereocenters. The number of rotatable bonds is 23. The van der Waals surface area contributed by atoms with E-state index in [2.05, 4.69) is 165 Å². The van der Waals surface area contributed by atoms with E-state index < -0.39 is 0 Å². The molecule has 4 bridgehead atoms. The first-order chi connectivity index (χ1) is 56.6. The number of nitrogens with zero attached hydrogens (tertiary/aromatic N) is 7. The van der Waals surface area contributed by atoms with Crippen LogP contribution in [0.2, 0.25) is 0 Å². The van der Waals surface area contributed by atoms with Crippen LogP contribution in [-0.4, -0.2) is 119 Å². The Balaban J connectivity index is 0.000000148. The SMILES string of the molecule is CC1(C)OB(C2=CCCCC2)OC1(C)C.CC1=CC(C)=C(CCC(=O)c2cc(Br)cc3c2cnn3C(C)C)C(=O)C1.CC1=CC(C)=C(CCC(=O)c2cc(C3=CCCCC3)cc3c2cnn3C(C)C)C(=O)C1.CC1=CC(C)=C(CCC(=O)c2cc(C3=CCN(CCNC(=O)CC45CC6CC(CC(C6)C4)C5)CC3)cc3c2cnn3C(C)C)C(=O)C1. The number of nitrogens with one attached hydrogen (secondary N) is 1. The highest BCUT2D eigenvalue weighted by Crippen LogP contribution is 2.61. The van der Waals surface area contributed by atoms with Crippen LogP contribution in [0.1, 0.15) is 332 Å².